The Morgan fingerprint density at radius 2 is 2.00 bits per heavy atom. The number of nitrogens with two attached hydrogens (primary N) is 2. The third kappa shape index (κ3) is 2.05. The zero-order chi connectivity index (χ0) is 9.97. The first-order chi connectivity index (χ1) is 6.77. The monoisotopic (exact) mass is 189 g/mol. The summed E-state index contributed by atoms with van der Waals surface area (Å²) < 4.78 is 0. The molecule has 0 radical (unpaired) electrons. The second-order valence-corrected chi connectivity index (χ2v) is 3.78. The standard InChI is InChI=1S/C11H15N3/c12-11(13)14-7-9-6-10(9)8-4-2-1-3-5-8/h1-5,9-10H,6-7H2,(H4,12,13,14)/t9-,10-/m0/s1. The van der Waals surface area contributed by atoms with Crippen LogP contribution in [0.15, 0.2) is 35.3 Å². The van der Waals surface area contributed by atoms with Gasteiger partial charge in [0.15, 0.2) is 5.96 Å². The van der Waals surface area contributed by atoms with E-state index in [1.54, 1.807) is 0 Å². The van der Waals surface area contributed by atoms with Gasteiger partial charge in [0.25, 0.3) is 0 Å². The number of hydrogen-bond donors (Lipinski definition) is 2. The summed E-state index contributed by atoms with van der Waals surface area (Å²) >= 11 is 0. The topological polar surface area (TPSA) is 64.4 Å². The lowest BCUT2D eigenvalue weighted by Crippen LogP contribution is -2.23. The Labute approximate surface area is 83.8 Å². The molecule has 1 saturated carbocycles. The SMILES string of the molecule is NC(N)=NC[C@@H]1C[C@H]1c1ccccc1. The van der Waals surface area contributed by atoms with Gasteiger partial charge in [0, 0.05) is 6.54 Å². The normalized spacial score (nSPS) is 24.3. The van der Waals surface area contributed by atoms with Crippen molar-refractivity contribution in [3.63, 3.8) is 0 Å². The number of nitrogens with zero attached hydrogens (tertiary/aromatic N) is 1. The van der Waals surface area contributed by atoms with Crippen LogP contribution in [0.3, 0.4) is 0 Å². The highest BCUT2D eigenvalue weighted by Gasteiger charge is 2.37. The quantitative estimate of drug-likeness (QED) is 0.551. The summed E-state index contributed by atoms with van der Waals surface area (Å²) in [6, 6.07) is 10.5. The van der Waals surface area contributed by atoms with E-state index >= 15 is 0 Å². The van der Waals surface area contributed by atoms with E-state index in [-0.39, 0.29) is 5.96 Å². The van der Waals surface area contributed by atoms with Crippen molar-refractivity contribution in [2.24, 2.45) is 22.4 Å². The largest absolute Gasteiger partial charge is 0.370 e. The molecule has 14 heavy (non-hydrogen) atoms. The molecule has 4 N–H and O–H groups in total. The van der Waals surface area contributed by atoms with Crippen LogP contribution in [-0.2, 0) is 0 Å². The van der Waals surface area contributed by atoms with Crippen LogP contribution in [-0.4, -0.2) is 12.5 Å². The Morgan fingerprint density at radius 3 is 2.64 bits per heavy atom. The zero-order valence-corrected chi connectivity index (χ0v) is 8.06. The van der Waals surface area contributed by atoms with Gasteiger partial charge in [-0.1, -0.05) is 30.3 Å². The number of aliphatic imine (C=N–C) groups is 1. The smallest absolute Gasteiger partial charge is 0.185 e. The summed E-state index contributed by atoms with van der Waals surface area (Å²) in [6.45, 7) is 0.766. The maximum atomic E-state index is 5.28. The van der Waals surface area contributed by atoms with Crippen molar-refractivity contribution in [1.82, 2.24) is 0 Å². The molecule has 0 aliphatic heterocycles. The molecule has 1 aliphatic carbocycles. The minimum absolute atomic E-state index is 0.198. The molecular formula is C11H15N3. The third-order valence-corrected chi connectivity index (χ3v) is 2.66. The molecule has 1 aromatic rings. The molecule has 1 aromatic carbocycles. The van der Waals surface area contributed by atoms with Gasteiger partial charge in [-0.3, -0.25) is 4.99 Å². The molecule has 2 atom stereocenters. The first-order valence-electron chi connectivity index (χ1n) is 4.87. The van der Waals surface area contributed by atoms with Gasteiger partial charge in [0.2, 0.25) is 0 Å². The summed E-state index contributed by atoms with van der Waals surface area (Å²) in [5, 5.41) is 0. The van der Waals surface area contributed by atoms with Gasteiger partial charge in [-0.25, -0.2) is 0 Å². The summed E-state index contributed by atoms with van der Waals surface area (Å²) in [7, 11) is 0. The Morgan fingerprint density at radius 1 is 1.29 bits per heavy atom. The summed E-state index contributed by atoms with van der Waals surface area (Å²) in [5.74, 6) is 1.50. The molecule has 2 rings (SSSR count). The third-order valence-electron chi connectivity index (χ3n) is 2.66. The maximum Gasteiger partial charge on any atom is 0.185 e. The Bertz CT molecular complexity index is 328. The van der Waals surface area contributed by atoms with Crippen LogP contribution in [0.4, 0.5) is 0 Å². The predicted molar refractivity (Wildman–Crippen MR) is 58.0 cm³/mol. The van der Waals surface area contributed by atoms with Crippen molar-refractivity contribution < 1.29 is 0 Å². The van der Waals surface area contributed by atoms with Crippen molar-refractivity contribution >= 4 is 5.96 Å². The highest BCUT2D eigenvalue weighted by atomic mass is 15.0. The number of rotatable bonds is 3. The molecule has 0 spiro atoms. The van der Waals surface area contributed by atoms with E-state index in [1.807, 2.05) is 6.07 Å². The Balaban J connectivity index is 1.91. The number of hydrogen-bond acceptors (Lipinski definition) is 1. The van der Waals surface area contributed by atoms with Crippen molar-refractivity contribution in [3.8, 4) is 0 Å². The van der Waals surface area contributed by atoms with E-state index in [0.717, 1.165) is 6.54 Å². The van der Waals surface area contributed by atoms with Gasteiger partial charge in [-0.05, 0) is 23.8 Å². The molecule has 3 nitrogen and oxygen atoms in total. The zero-order valence-electron chi connectivity index (χ0n) is 8.06. The second-order valence-electron chi connectivity index (χ2n) is 3.78. The van der Waals surface area contributed by atoms with Crippen LogP contribution >= 0.6 is 0 Å². The molecule has 0 aromatic heterocycles. The molecule has 3 heteroatoms. The fraction of sp³-hybridized carbons (Fsp3) is 0.364. The minimum Gasteiger partial charge on any atom is -0.370 e. The first-order valence-corrected chi connectivity index (χ1v) is 4.87. The molecule has 0 unspecified atom stereocenters. The molecule has 74 valence electrons. The van der Waals surface area contributed by atoms with Crippen molar-refractivity contribution in [1.29, 1.82) is 0 Å². The maximum absolute atomic E-state index is 5.28. The van der Waals surface area contributed by atoms with Crippen LogP contribution < -0.4 is 11.5 Å². The number of guanidine groups is 1. The van der Waals surface area contributed by atoms with Gasteiger partial charge in [-0.15, -0.1) is 0 Å². The van der Waals surface area contributed by atoms with E-state index in [1.165, 1.54) is 12.0 Å². The molecule has 1 fully saturated rings. The molecule has 0 bridgehead atoms. The molecule has 0 saturated heterocycles. The predicted octanol–water partition coefficient (Wildman–Crippen LogP) is 1.06. The Hall–Kier alpha value is -1.51. The van der Waals surface area contributed by atoms with Crippen LogP contribution in [0, 0.1) is 5.92 Å². The van der Waals surface area contributed by atoms with E-state index in [2.05, 4.69) is 29.3 Å². The van der Waals surface area contributed by atoms with Gasteiger partial charge in [0.1, 0.15) is 0 Å². The highest BCUT2D eigenvalue weighted by Crippen LogP contribution is 2.47. The molecule has 0 amide bonds. The summed E-state index contributed by atoms with van der Waals surface area (Å²) in [6.07, 6.45) is 1.21. The second kappa shape index (κ2) is 3.70. The van der Waals surface area contributed by atoms with Gasteiger partial charge >= 0.3 is 0 Å². The minimum atomic E-state index is 0.198. The van der Waals surface area contributed by atoms with Crippen LogP contribution in [0.5, 0.6) is 0 Å². The fourth-order valence-electron chi connectivity index (χ4n) is 1.78. The van der Waals surface area contributed by atoms with E-state index in [0.29, 0.717) is 11.8 Å². The average Bonchev–Trinajstić information content (AvgIpc) is 2.95. The molecular weight excluding hydrogens is 174 g/mol. The lowest BCUT2D eigenvalue weighted by molar-refractivity contribution is 0.808. The van der Waals surface area contributed by atoms with E-state index < -0.39 is 0 Å². The van der Waals surface area contributed by atoms with E-state index in [4.69, 9.17) is 11.5 Å². The van der Waals surface area contributed by atoms with Crippen molar-refractivity contribution in [3.05, 3.63) is 35.9 Å². The van der Waals surface area contributed by atoms with Crippen LogP contribution in [0.2, 0.25) is 0 Å². The van der Waals surface area contributed by atoms with E-state index in [9.17, 15) is 0 Å². The van der Waals surface area contributed by atoms with Crippen LogP contribution in [0.1, 0.15) is 17.9 Å². The van der Waals surface area contributed by atoms with Crippen molar-refractivity contribution in [2.75, 3.05) is 6.54 Å². The van der Waals surface area contributed by atoms with Gasteiger partial charge in [-0.2, -0.15) is 0 Å². The van der Waals surface area contributed by atoms with Gasteiger partial charge < -0.3 is 11.5 Å². The average molecular weight is 189 g/mol. The lowest BCUT2D eigenvalue weighted by atomic mass is 10.1. The Kier molecular flexibility index (Phi) is 2.39. The lowest BCUT2D eigenvalue weighted by Gasteiger charge is -1.97. The summed E-state index contributed by atoms with van der Waals surface area (Å²) in [5.41, 5.74) is 12.0. The summed E-state index contributed by atoms with van der Waals surface area (Å²) in [4.78, 5) is 4.03. The molecule has 1 aliphatic rings. The number of benzene rings is 1. The molecule has 0 heterocycles. The highest BCUT2D eigenvalue weighted by molar-refractivity contribution is 5.75. The van der Waals surface area contributed by atoms with Crippen LogP contribution in [0.25, 0.3) is 0 Å². The first kappa shape index (κ1) is 9.06. The van der Waals surface area contributed by atoms with Gasteiger partial charge in [0.05, 0.1) is 0 Å². The fourth-order valence-corrected chi connectivity index (χ4v) is 1.78. The van der Waals surface area contributed by atoms with Crippen molar-refractivity contribution in [2.45, 2.75) is 12.3 Å².